The van der Waals surface area contributed by atoms with Crippen LogP contribution in [-0.2, 0) is 4.74 Å². The maximum Gasteiger partial charge on any atom is 0.138 e. The van der Waals surface area contributed by atoms with Crippen molar-refractivity contribution in [3.63, 3.8) is 0 Å². The van der Waals surface area contributed by atoms with Crippen molar-refractivity contribution in [2.24, 2.45) is 0 Å². The van der Waals surface area contributed by atoms with Crippen molar-refractivity contribution in [3.8, 4) is 0 Å². The van der Waals surface area contributed by atoms with Crippen molar-refractivity contribution in [2.75, 3.05) is 12.3 Å². The SMILES string of the molecule is Nc1ccc(SC2CCOC3(CCCC3)C2)c(F)c1. The lowest BCUT2D eigenvalue weighted by Gasteiger charge is -2.38. The zero-order chi connectivity index (χ0) is 13.3. The van der Waals surface area contributed by atoms with Crippen molar-refractivity contribution < 1.29 is 9.13 Å². The van der Waals surface area contributed by atoms with Gasteiger partial charge in [0.15, 0.2) is 0 Å². The lowest BCUT2D eigenvalue weighted by molar-refractivity contribution is -0.0704. The van der Waals surface area contributed by atoms with E-state index in [9.17, 15) is 4.39 Å². The van der Waals surface area contributed by atoms with Crippen LogP contribution in [0.4, 0.5) is 10.1 Å². The molecule has 0 aromatic heterocycles. The number of hydrogen-bond donors (Lipinski definition) is 1. The van der Waals surface area contributed by atoms with E-state index < -0.39 is 0 Å². The minimum Gasteiger partial charge on any atom is -0.399 e. The van der Waals surface area contributed by atoms with Gasteiger partial charge in [-0.1, -0.05) is 12.8 Å². The van der Waals surface area contributed by atoms with Crippen LogP contribution in [0.25, 0.3) is 0 Å². The van der Waals surface area contributed by atoms with Gasteiger partial charge in [0.1, 0.15) is 5.82 Å². The van der Waals surface area contributed by atoms with Crippen LogP contribution in [0.3, 0.4) is 0 Å². The van der Waals surface area contributed by atoms with Crippen LogP contribution in [0.5, 0.6) is 0 Å². The minimum atomic E-state index is -0.197. The van der Waals surface area contributed by atoms with E-state index in [1.165, 1.54) is 31.7 Å². The molecule has 1 heterocycles. The Balaban J connectivity index is 1.69. The molecule has 2 nitrogen and oxygen atoms in total. The molecule has 1 unspecified atom stereocenters. The van der Waals surface area contributed by atoms with E-state index in [0.717, 1.165) is 19.4 Å². The number of nitrogens with two attached hydrogens (primary N) is 1. The zero-order valence-corrected chi connectivity index (χ0v) is 11.8. The maximum atomic E-state index is 13.8. The number of anilines is 1. The van der Waals surface area contributed by atoms with E-state index in [1.807, 2.05) is 0 Å². The molecule has 2 aliphatic rings. The highest BCUT2D eigenvalue weighted by atomic mass is 32.2. The topological polar surface area (TPSA) is 35.2 Å². The lowest BCUT2D eigenvalue weighted by atomic mass is 9.92. The molecule has 4 heteroatoms. The molecule has 1 aromatic carbocycles. The predicted molar refractivity (Wildman–Crippen MR) is 76.8 cm³/mol. The van der Waals surface area contributed by atoms with Crippen LogP contribution in [0, 0.1) is 5.82 Å². The Hall–Kier alpha value is -0.740. The first-order valence-corrected chi connectivity index (χ1v) is 7.91. The van der Waals surface area contributed by atoms with Crippen molar-refractivity contribution in [1.29, 1.82) is 0 Å². The fourth-order valence-corrected chi connectivity index (χ4v) is 4.52. The van der Waals surface area contributed by atoms with Gasteiger partial charge in [0, 0.05) is 22.4 Å². The Labute approximate surface area is 117 Å². The Morgan fingerprint density at radius 3 is 2.84 bits per heavy atom. The van der Waals surface area contributed by atoms with Crippen molar-refractivity contribution in [1.82, 2.24) is 0 Å². The molecule has 104 valence electrons. The monoisotopic (exact) mass is 281 g/mol. The average Bonchev–Trinajstić information content (AvgIpc) is 2.81. The van der Waals surface area contributed by atoms with Gasteiger partial charge in [-0.05, 0) is 43.9 Å². The van der Waals surface area contributed by atoms with Crippen LogP contribution >= 0.6 is 11.8 Å². The molecule has 1 atom stereocenters. The number of hydrogen-bond acceptors (Lipinski definition) is 3. The summed E-state index contributed by atoms with van der Waals surface area (Å²) in [7, 11) is 0. The molecule has 1 aliphatic carbocycles. The summed E-state index contributed by atoms with van der Waals surface area (Å²) < 4.78 is 19.9. The number of ether oxygens (including phenoxy) is 1. The Kier molecular flexibility index (Phi) is 3.72. The third-order valence-corrected chi connectivity index (χ3v) is 5.53. The summed E-state index contributed by atoms with van der Waals surface area (Å²) in [6, 6.07) is 4.98. The highest BCUT2D eigenvalue weighted by Crippen LogP contribution is 2.44. The predicted octanol–water partition coefficient (Wildman–Crippen LogP) is 3.99. The second kappa shape index (κ2) is 5.33. The first-order chi connectivity index (χ1) is 9.17. The fraction of sp³-hybridized carbons (Fsp3) is 0.600. The second-order valence-corrected chi connectivity index (χ2v) is 7.00. The minimum absolute atomic E-state index is 0.0974. The van der Waals surface area contributed by atoms with Gasteiger partial charge in [0.25, 0.3) is 0 Å². The third-order valence-electron chi connectivity index (χ3n) is 4.21. The Morgan fingerprint density at radius 1 is 1.32 bits per heavy atom. The Bertz CT molecular complexity index is 459. The molecule has 2 N–H and O–H groups in total. The van der Waals surface area contributed by atoms with Crippen LogP contribution in [0.2, 0.25) is 0 Å². The van der Waals surface area contributed by atoms with E-state index in [1.54, 1.807) is 23.9 Å². The molecule has 1 saturated carbocycles. The molecule has 3 rings (SSSR count). The van der Waals surface area contributed by atoms with Gasteiger partial charge >= 0.3 is 0 Å². The van der Waals surface area contributed by atoms with E-state index in [-0.39, 0.29) is 11.4 Å². The van der Waals surface area contributed by atoms with Crippen LogP contribution in [0.15, 0.2) is 23.1 Å². The molecule has 1 aromatic rings. The smallest absolute Gasteiger partial charge is 0.138 e. The van der Waals surface area contributed by atoms with Gasteiger partial charge in [-0.2, -0.15) is 0 Å². The van der Waals surface area contributed by atoms with E-state index in [4.69, 9.17) is 10.5 Å². The molecule has 2 fully saturated rings. The van der Waals surface area contributed by atoms with Crippen molar-refractivity contribution in [3.05, 3.63) is 24.0 Å². The van der Waals surface area contributed by atoms with Crippen LogP contribution in [-0.4, -0.2) is 17.5 Å². The number of halogens is 1. The van der Waals surface area contributed by atoms with Gasteiger partial charge in [-0.25, -0.2) is 4.39 Å². The van der Waals surface area contributed by atoms with Gasteiger partial charge < -0.3 is 10.5 Å². The number of benzene rings is 1. The molecule has 1 saturated heterocycles. The molecular formula is C15H20FNOS. The summed E-state index contributed by atoms with van der Waals surface area (Å²) in [4.78, 5) is 0.717. The van der Waals surface area contributed by atoms with E-state index >= 15 is 0 Å². The summed E-state index contributed by atoms with van der Waals surface area (Å²) in [5.41, 5.74) is 6.17. The Morgan fingerprint density at radius 2 is 2.11 bits per heavy atom. The quantitative estimate of drug-likeness (QED) is 0.832. The number of rotatable bonds is 2. The molecule has 0 amide bonds. The highest BCUT2D eigenvalue weighted by molar-refractivity contribution is 8.00. The summed E-state index contributed by atoms with van der Waals surface area (Å²) in [6.07, 6.45) is 6.96. The molecular weight excluding hydrogens is 261 g/mol. The largest absolute Gasteiger partial charge is 0.399 e. The maximum absolute atomic E-state index is 13.8. The normalized spacial score (nSPS) is 25.8. The van der Waals surface area contributed by atoms with Crippen LogP contribution < -0.4 is 5.73 Å². The molecule has 0 radical (unpaired) electrons. The molecule has 0 bridgehead atoms. The zero-order valence-electron chi connectivity index (χ0n) is 11.0. The third kappa shape index (κ3) is 2.90. The van der Waals surface area contributed by atoms with Gasteiger partial charge in [0.05, 0.1) is 5.60 Å². The molecule has 19 heavy (non-hydrogen) atoms. The standard InChI is InChI=1S/C15H20FNOS/c16-13-9-11(17)3-4-14(13)19-12-5-8-18-15(10-12)6-1-2-7-15/h3-4,9,12H,1-2,5-8,10,17H2. The van der Waals surface area contributed by atoms with Gasteiger partial charge in [0.2, 0.25) is 0 Å². The highest BCUT2D eigenvalue weighted by Gasteiger charge is 2.40. The number of nitrogen functional groups attached to an aromatic ring is 1. The summed E-state index contributed by atoms with van der Waals surface area (Å²) >= 11 is 1.65. The lowest BCUT2D eigenvalue weighted by Crippen LogP contribution is -2.38. The van der Waals surface area contributed by atoms with Crippen LogP contribution in [0.1, 0.15) is 38.5 Å². The van der Waals surface area contributed by atoms with Crippen molar-refractivity contribution in [2.45, 2.75) is 54.3 Å². The van der Waals surface area contributed by atoms with Gasteiger partial charge in [-0.15, -0.1) is 11.8 Å². The molecule has 1 spiro atoms. The first kappa shape index (κ1) is 13.3. The van der Waals surface area contributed by atoms with Gasteiger partial charge in [-0.3, -0.25) is 0 Å². The molecule has 1 aliphatic heterocycles. The summed E-state index contributed by atoms with van der Waals surface area (Å²) in [5.74, 6) is -0.197. The summed E-state index contributed by atoms with van der Waals surface area (Å²) in [5, 5.41) is 0.463. The van der Waals surface area contributed by atoms with E-state index in [2.05, 4.69) is 0 Å². The average molecular weight is 281 g/mol. The van der Waals surface area contributed by atoms with Crippen molar-refractivity contribution >= 4 is 17.4 Å². The summed E-state index contributed by atoms with van der Waals surface area (Å²) in [6.45, 7) is 0.814. The van der Waals surface area contributed by atoms with E-state index in [0.29, 0.717) is 15.8 Å². The second-order valence-electron chi connectivity index (χ2n) is 5.66. The fourth-order valence-electron chi connectivity index (χ4n) is 3.24. The first-order valence-electron chi connectivity index (χ1n) is 7.03. The number of thioether (sulfide) groups is 1.